The lowest BCUT2D eigenvalue weighted by atomic mass is 10.2. The molecule has 5 heteroatoms. The Labute approximate surface area is 114 Å². The fourth-order valence-electron chi connectivity index (χ4n) is 1.52. The van der Waals surface area contributed by atoms with Crippen LogP contribution in [0.2, 0.25) is 0 Å². The van der Waals surface area contributed by atoms with Gasteiger partial charge >= 0.3 is 0 Å². The summed E-state index contributed by atoms with van der Waals surface area (Å²) in [5.41, 5.74) is 0.954. The van der Waals surface area contributed by atoms with Crippen LogP contribution in [0.1, 0.15) is 26.7 Å². The Morgan fingerprint density at radius 1 is 1.32 bits per heavy atom. The Morgan fingerprint density at radius 2 is 2.00 bits per heavy atom. The molecule has 0 aromatic carbocycles. The van der Waals surface area contributed by atoms with E-state index in [-0.39, 0.29) is 5.78 Å². The van der Waals surface area contributed by atoms with Gasteiger partial charge in [-0.05, 0) is 20.3 Å². The Bertz CT molecular complexity index is 340. The predicted molar refractivity (Wildman–Crippen MR) is 74.2 cm³/mol. The lowest BCUT2D eigenvalue weighted by Crippen LogP contribution is -2.40. The molecule has 0 heterocycles. The van der Waals surface area contributed by atoms with Gasteiger partial charge in [-0.2, -0.15) is 0 Å². The maximum absolute atomic E-state index is 11.9. The minimum atomic E-state index is -0.494. The van der Waals surface area contributed by atoms with E-state index in [1.807, 2.05) is 6.92 Å². The standard InChI is InChI=1S/C14H23FN2O2/c1-13(7-4-5-9-15)11-17(12-18)16(3)10-6-8-14(2)19/h4-5,7,12H,6,8-11H2,1-3H3/b5-4-,13-7+. The van der Waals surface area contributed by atoms with Gasteiger partial charge in [0.15, 0.2) is 0 Å². The highest BCUT2D eigenvalue weighted by atomic mass is 19.1. The predicted octanol–water partition coefficient (Wildman–Crippen LogP) is 2.13. The van der Waals surface area contributed by atoms with E-state index in [1.165, 1.54) is 11.1 Å². The van der Waals surface area contributed by atoms with E-state index >= 15 is 0 Å². The average Bonchev–Trinajstić information content (AvgIpc) is 2.35. The van der Waals surface area contributed by atoms with Crippen LogP contribution in [-0.2, 0) is 9.59 Å². The molecule has 0 saturated carbocycles. The highest BCUT2D eigenvalue weighted by Crippen LogP contribution is 2.02. The minimum Gasteiger partial charge on any atom is -0.300 e. The Hall–Kier alpha value is -1.49. The lowest BCUT2D eigenvalue weighted by molar-refractivity contribution is -0.131. The van der Waals surface area contributed by atoms with E-state index < -0.39 is 6.67 Å². The van der Waals surface area contributed by atoms with Gasteiger partial charge in [0.1, 0.15) is 12.5 Å². The number of amides is 1. The smallest absolute Gasteiger partial charge is 0.224 e. The zero-order valence-corrected chi connectivity index (χ0v) is 11.9. The molecule has 108 valence electrons. The summed E-state index contributed by atoms with van der Waals surface area (Å²) < 4.78 is 11.9. The minimum absolute atomic E-state index is 0.151. The van der Waals surface area contributed by atoms with Crippen molar-refractivity contribution >= 4 is 12.2 Å². The number of hydrogen-bond donors (Lipinski definition) is 0. The summed E-state index contributed by atoms with van der Waals surface area (Å²) in [5.74, 6) is 0.151. The molecule has 0 radical (unpaired) electrons. The molecule has 0 unspecified atom stereocenters. The van der Waals surface area contributed by atoms with Gasteiger partial charge in [-0.1, -0.05) is 23.8 Å². The van der Waals surface area contributed by atoms with E-state index in [9.17, 15) is 14.0 Å². The average molecular weight is 270 g/mol. The van der Waals surface area contributed by atoms with Gasteiger partial charge in [-0.25, -0.2) is 9.40 Å². The van der Waals surface area contributed by atoms with E-state index in [0.29, 0.717) is 19.5 Å². The number of rotatable bonds is 10. The van der Waals surface area contributed by atoms with Crippen molar-refractivity contribution in [1.82, 2.24) is 10.0 Å². The quantitative estimate of drug-likeness (QED) is 0.347. The SMILES string of the molecule is CC(=O)CCCN(C)N(C=O)C/C(C)=C/C=C\CF. The maximum Gasteiger partial charge on any atom is 0.224 e. The van der Waals surface area contributed by atoms with Gasteiger partial charge in [-0.3, -0.25) is 9.80 Å². The van der Waals surface area contributed by atoms with Crippen LogP contribution < -0.4 is 0 Å². The number of hydrazine groups is 1. The second-order valence-corrected chi connectivity index (χ2v) is 4.49. The topological polar surface area (TPSA) is 40.6 Å². The van der Waals surface area contributed by atoms with Crippen molar-refractivity contribution in [3.63, 3.8) is 0 Å². The van der Waals surface area contributed by atoms with Gasteiger partial charge in [0.25, 0.3) is 0 Å². The molecule has 0 spiro atoms. The van der Waals surface area contributed by atoms with Gasteiger partial charge in [-0.15, -0.1) is 0 Å². The molecule has 0 aromatic heterocycles. The third-order valence-electron chi connectivity index (χ3n) is 2.59. The maximum atomic E-state index is 11.9. The zero-order chi connectivity index (χ0) is 14.7. The first kappa shape index (κ1) is 17.5. The normalized spacial score (nSPS) is 12.2. The molecule has 0 aliphatic rings. The highest BCUT2D eigenvalue weighted by molar-refractivity contribution is 5.75. The Morgan fingerprint density at radius 3 is 2.53 bits per heavy atom. The van der Waals surface area contributed by atoms with E-state index in [0.717, 1.165) is 18.4 Å². The number of hydrogen-bond acceptors (Lipinski definition) is 3. The first-order chi connectivity index (χ1) is 9.01. The summed E-state index contributed by atoms with van der Waals surface area (Å²) in [5, 5.41) is 3.32. The first-order valence-corrected chi connectivity index (χ1v) is 6.32. The van der Waals surface area contributed by atoms with Gasteiger partial charge < -0.3 is 4.79 Å². The molecule has 0 fully saturated rings. The fraction of sp³-hybridized carbons (Fsp3) is 0.571. The van der Waals surface area contributed by atoms with Crippen molar-refractivity contribution in [2.24, 2.45) is 0 Å². The van der Waals surface area contributed by atoms with Crippen molar-refractivity contribution in [2.45, 2.75) is 26.7 Å². The van der Waals surface area contributed by atoms with Crippen molar-refractivity contribution in [1.29, 1.82) is 0 Å². The van der Waals surface area contributed by atoms with Crippen LogP contribution in [0.25, 0.3) is 0 Å². The molecule has 0 bridgehead atoms. The van der Waals surface area contributed by atoms with Gasteiger partial charge in [0.2, 0.25) is 6.41 Å². The van der Waals surface area contributed by atoms with Crippen LogP contribution in [0, 0.1) is 0 Å². The number of allylic oxidation sites excluding steroid dienone is 3. The molecule has 0 aromatic rings. The van der Waals surface area contributed by atoms with Crippen LogP contribution in [-0.4, -0.2) is 49.0 Å². The molecular formula is C14H23FN2O2. The van der Waals surface area contributed by atoms with Crippen molar-refractivity contribution in [2.75, 3.05) is 26.8 Å². The molecule has 4 nitrogen and oxygen atoms in total. The van der Waals surface area contributed by atoms with E-state index in [1.54, 1.807) is 31.1 Å². The number of ketones is 1. The second kappa shape index (κ2) is 10.4. The molecule has 0 aliphatic carbocycles. The number of carbonyl (C=O) groups excluding carboxylic acids is 2. The Kier molecular flexibility index (Phi) is 9.62. The van der Waals surface area contributed by atoms with E-state index in [4.69, 9.17) is 0 Å². The monoisotopic (exact) mass is 270 g/mol. The molecule has 0 rings (SSSR count). The molecule has 0 saturated heterocycles. The third-order valence-corrected chi connectivity index (χ3v) is 2.59. The van der Waals surface area contributed by atoms with Crippen molar-refractivity contribution < 1.29 is 14.0 Å². The molecule has 1 amide bonds. The number of carbonyl (C=O) groups is 2. The molecule has 0 atom stereocenters. The number of alkyl halides is 1. The summed E-state index contributed by atoms with van der Waals surface area (Å²) >= 11 is 0. The zero-order valence-electron chi connectivity index (χ0n) is 11.9. The summed E-state index contributed by atoms with van der Waals surface area (Å²) in [6.07, 6.45) is 6.81. The van der Waals surface area contributed by atoms with Crippen LogP contribution in [0.4, 0.5) is 4.39 Å². The Balaban J connectivity index is 4.24. The van der Waals surface area contributed by atoms with Crippen molar-refractivity contribution in [3.8, 4) is 0 Å². The summed E-state index contributed by atoms with van der Waals surface area (Å²) in [6.45, 7) is 4.04. The largest absolute Gasteiger partial charge is 0.300 e. The van der Waals surface area contributed by atoms with Gasteiger partial charge in [0, 0.05) is 20.0 Å². The summed E-state index contributed by atoms with van der Waals surface area (Å²) in [7, 11) is 1.80. The van der Waals surface area contributed by atoms with Crippen LogP contribution in [0.5, 0.6) is 0 Å². The van der Waals surface area contributed by atoms with Gasteiger partial charge in [0.05, 0.1) is 6.54 Å². The number of nitrogens with zero attached hydrogens (tertiary/aromatic N) is 2. The summed E-state index contributed by atoms with van der Waals surface area (Å²) in [6, 6.07) is 0. The van der Waals surface area contributed by atoms with Crippen LogP contribution in [0.15, 0.2) is 23.8 Å². The first-order valence-electron chi connectivity index (χ1n) is 6.32. The highest BCUT2D eigenvalue weighted by Gasteiger charge is 2.09. The lowest BCUT2D eigenvalue weighted by Gasteiger charge is -2.28. The van der Waals surface area contributed by atoms with Crippen molar-refractivity contribution in [3.05, 3.63) is 23.8 Å². The van der Waals surface area contributed by atoms with Crippen LogP contribution >= 0.6 is 0 Å². The molecule has 0 N–H and O–H groups in total. The molecule has 19 heavy (non-hydrogen) atoms. The molecule has 0 aliphatic heterocycles. The number of halogens is 1. The summed E-state index contributed by atoms with van der Waals surface area (Å²) in [4.78, 5) is 21.9. The van der Waals surface area contributed by atoms with E-state index in [2.05, 4.69) is 0 Å². The fourth-order valence-corrected chi connectivity index (χ4v) is 1.52. The molecular weight excluding hydrogens is 247 g/mol. The second-order valence-electron chi connectivity index (χ2n) is 4.49. The number of Topliss-reactive ketones (excluding diaryl/α,β-unsaturated/α-hetero) is 1. The van der Waals surface area contributed by atoms with Crippen LogP contribution in [0.3, 0.4) is 0 Å². The third kappa shape index (κ3) is 9.13.